The largest absolute Gasteiger partial charge is 0.294 e. The topological polar surface area (TPSA) is 34.0 Å². The molecule has 1 aliphatic heterocycles. The molecular weight excluding hydrogens is 472 g/mol. The average molecular weight is 495 g/mol. The average Bonchev–Trinajstić information content (AvgIpc) is 3.22. The fourth-order valence-electron chi connectivity index (χ4n) is 4.60. The third kappa shape index (κ3) is 3.99. The van der Waals surface area contributed by atoms with Crippen molar-refractivity contribution >= 4 is 27.0 Å². The smallest absolute Gasteiger partial charge is 0.163 e. The van der Waals surface area contributed by atoms with E-state index < -0.39 is 0 Å². The van der Waals surface area contributed by atoms with Crippen molar-refractivity contribution in [3.8, 4) is 16.9 Å². The van der Waals surface area contributed by atoms with Crippen molar-refractivity contribution in [2.75, 3.05) is 6.54 Å². The molecule has 6 rings (SSSR count). The first kappa shape index (κ1) is 20.3. The Balaban J connectivity index is 1.45. The second-order valence-corrected chi connectivity index (χ2v) is 9.43. The van der Waals surface area contributed by atoms with Crippen LogP contribution < -0.4 is 0 Å². The van der Waals surface area contributed by atoms with Crippen LogP contribution in [0.3, 0.4) is 0 Å². The summed E-state index contributed by atoms with van der Waals surface area (Å²) < 4.78 is 3.05. The Kier molecular flexibility index (Phi) is 5.29. The molecule has 0 saturated carbocycles. The standard InChI is InChI=1S/C28H23BrN4/c29-23-13-11-21(12-14-23)27-25-17-22-19-32(18-20-7-3-1-4-8-20)16-15-26(22)30-28(25)33(31-27)24-9-5-2-6-10-24/h1-14,17H,15-16,18-19H2. The number of rotatable bonds is 4. The minimum atomic E-state index is 0.906. The maximum atomic E-state index is 5.16. The summed E-state index contributed by atoms with van der Waals surface area (Å²) in [4.78, 5) is 7.67. The van der Waals surface area contributed by atoms with Crippen LogP contribution in [0, 0.1) is 0 Å². The lowest BCUT2D eigenvalue weighted by Crippen LogP contribution is -2.30. The highest BCUT2D eigenvalue weighted by molar-refractivity contribution is 9.10. The van der Waals surface area contributed by atoms with Gasteiger partial charge in [0.15, 0.2) is 5.65 Å². The van der Waals surface area contributed by atoms with E-state index in [0.29, 0.717) is 0 Å². The van der Waals surface area contributed by atoms with E-state index in [9.17, 15) is 0 Å². The fourth-order valence-corrected chi connectivity index (χ4v) is 4.87. The molecule has 0 unspecified atom stereocenters. The van der Waals surface area contributed by atoms with Crippen LogP contribution in [0.15, 0.2) is 95.5 Å². The van der Waals surface area contributed by atoms with Crippen LogP contribution in [0.2, 0.25) is 0 Å². The summed E-state index contributed by atoms with van der Waals surface area (Å²) in [7, 11) is 0. The second-order valence-electron chi connectivity index (χ2n) is 8.51. The molecule has 0 atom stereocenters. The van der Waals surface area contributed by atoms with Crippen LogP contribution in [-0.2, 0) is 19.5 Å². The van der Waals surface area contributed by atoms with Crippen molar-refractivity contribution in [1.82, 2.24) is 19.7 Å². The monoisotopic (exact) mass is 494 g/mol. The lowest BCUT2D eigenvalue weighted by atomic mass is 10.0. The lowest BCUT2D eigenvalue weighted by molar-refractivity contribution is 0.244. The molecule has 0 bridgehead atoms. The number of pyridine rings is 1. The van der Waals surface area contributed by atoms with Gasteiger partial charge >= 0.3 is 0 Å². The summed E-state index contributed by atoms with van der Waals surface area (Å²) in [5, 5.41) is 6.14. The Morgan fingerprint density at radius 2 is 1.58 bits per heavy atom. The summed E-state index contributed by atoms with van der Waals surface area (Å²) in [6, 6.07) is 31.7. The molecule has 162 valence electrons. The molecular formula is C28H23BrN4. The van der Waals surface area contributed by atoms with E-state index in [-0.39, 0.29) is 0 Å². The van der Waals surface area contributed by atoms with E-state index >= 15 is 0 Å². The molecule has 3 aromatic carbocycles. The number of halogens is 1. The van der Waals surface area contributed by atoms with Gasteiger partial charge < -0.3 is 0 Å². The number of nitrogens with zero attached hydrogens (tertiary/aromatic N) is 4. The van der Waals surface area contributed by atoms with Gasteiger partial charge in [-0.05, 0) is 41.5 Å². The Bertz CT molecular complexity index is 1410. The van der Waals surface area contributed by atoms with E-state index in [0.717, 1.165) is 58.5 Å². The molecule has 2 aromatic heterocycles. The first-order valence-electron chi connectivity index (χ1n) is 11.2. The molecule has 0 saturated heterocycles. The SMILES string of the molecule is Brc1ccc(-c2nn(-c3ccccc3)c3nc4c(cc23)CN(Cc2ccccc2)CC4)cc1. The van der Waals surface area contributed by atoms with Crippen LogP contribution in [0.5, 0.6) is 0 Å². The van der Waals surface area contributed by atoms with Gasteiger partial charge in [-0.1, -0.05) is 76.6 Å². The number of fused-ring (bicyclic) bond motifs is 2. The molecule has 0 fully saturated rings. The van der Waals surface area contributed by atoms with Crippen molar-refractivity contribution in [3.05, 3.63) is 112 Å². The Hall–Kier alpha value is -3.28. The molecule has 0 spiro atoms. The van der Waals surface area contributed by atoms with Crippen molar-refractivity contribution in [1.29, 1.82) is 0 Å². The highest BCUT2D eigenvalue weighted by atomic mass is 79.9. The summed E-state index contributed by atoms with van der Waals surface area (Å²) in [6.07, 6.45) is 0.950. The Morgan fingerprint density at radius 3 is 2.33 bits per heavy atom. The van der Waals surface area contributed by atoms with Gasteiger partial charge in [-0.25, -0.2) is 9.67 Å². The predicted octanol–water partition coefficient (Wildman–Crippen LogP) is 6.41. The highest BCUT2D eigenvalue weighted by Gasteiger charge is 2.22. The molecule has 5 aromatic rings. The number of benzene rings is 3. The van der Waals surface area contributed by atoms with Gasteiger partial charge in [0.25, 0.3) is 0 Å². The minimum absolute atomic E-state index is 0.906. The van der Waals surface area contributed by atoms with Gasteiger partial charge in [0.05, 0.1) is 5.69 Å². The molecule has 0 aliphatic carbocycles. The van der Waals surface area contributed by atoms with E-state index in [4.69, 9.17) is 10.1 Å². The second kappa shape index (κ2) is 8.58. The normalized spacial score (nSPS) is 13.8. The fraction of sp³-hybridized carbons (Fsp3) is 0.143. The van der Waals surface area contributed by atoms with Gasteiger partial charge in [-0.15, -0.1) is 0 Å². The first-order valence-corrected chi connectivity index (χ1v) is 12.0. The van der Waals surface area contributed by atoms with Crippen LogP contribution in [0.25, 0.3) is 28.0 Å². The molecule has 33 heavy (non-hydrogen) atoms. The van der Waals surface area contributed by atoms with E-state index in [1.165, 1.54) is 16.8 Å². The first-order chi connectivity index (χ1) is 16.2. The quantitative estimate of drug-likeness (QED) is 0.289. The Labute approximate surface area is 201 Å². The van der Waals surface area contributed by atoms with Crippen LogP contribution in [0.1, 0.15) is 16.8 Å². The molecule has 4 nitrogen and oxygen atoms in total. The summed E-state index contributed by atoms with van der Waals surface area (Å²) in [5.74, 6) is 0. The van der Waals surface area contributed by atoms with E-state index in [1.807, 2.05) is 22.9 Å². The number of aromatic nitrogens is 3. The van der Waals surface area contributed by atoms with Crippen molar-refractivity contribution in [3.63, 3.8) is 0 Å². The zero-order valence-corrected chi connectivity index (χ0v) is 19.7. The van der Waals surface area contributed by atoms with Crippen molar-refractivity contribution in [2.24, 2.45) is 0 Å². The third-order valence-electron chi connectivity index (χ3n) is 6.25. The minimum Gasteiger partial charge on any atom is -0.294 e. The Morgan fingerprint density at radius 1 is 0.848 bits per heavy atom. The van der Waals surface area contributed by atoms with Crippen molar-refractivity contribution in [2.45, 2.75) is 19.5 Å². The van der Waals surface area contributed by atoms with E-state index in [2.05, 4.69) is 93.6 Å². The lowest BCUT2D eigenvalue weighted by Gasteiger charge is -2.28. The summed E-state index contributed by atoms with van der Waals surface area (Å²) in [6.45, 7) is 2.88. The summed E-state index contributed by atoms with van der Waals surface area (Å²) >= 11 is 3.55. The van der Waals surface area contributed by atoms with Crippen LogP contribution in [-0.4, -0.2) is 26.2 Å². The third-order valence-corrected chi connectivity index (χ3v) is 6.78. The molecule has 1 aliphatic rings. The zero-order chi connectivity index (χ0) is 22.2. The maximum absolute atomic E-state index is 5.16. The van der Waals surface area contributed by atoms with Crippen LogP contribution >= 0.6 is 15.9 Å². The van der Waals surface area contributed by atoms with Crippen molar-refractivity contribution < 1.29 is 0 Å². The molecule has 0 radical (unpaired) electrons. The molecule has 0 amide bonds. The zero-order valence-electron chi connectivity index (χ0n) is 18.2. The highest BCUT2D eigenvalue weighted by Crippen LogP contribution is 2.33. The van der Waals surface area contributed by atoms with E-state index in [1.54, 1.807) is 0 Å². The van der Waals surface area contributed by atoms with Gasteiger partial charge in [0.1, 0.15) is 5.69 Å². The molecule has 3 heterocycles. The van der Waals surface area contributed by atoms with Gasteiger partial charge in [-0.2, -0.15) is 5.10 Å². The number of hydrogen-bond donors (Lipinski definition) is 0. The van der Waals surface area contributed by atoms with Gasteiger partial charge in [0, 0.05) is 47.2 Å². The van der Waals surface area contributed by atoms with Crippen LogP contribution in [0.4, 0.5) is 0 Å². The number of para-hydroxylation sites is 1. The predicted molar refractivity (Wildman–Crippen MR) is 136 cm³/mol. The summed E-state index contributed by atoms with van der Waals surface area (Å²) in [5.41, 5.74) is 7.85. The molecule has 5 heteroatoms. The van der Waals surface area contributed by atoms with Gasteiger partial charge in [-0.3, -0.25) is 4.90 Å². The molecule has 0 N–H and O–H groups in total. The van der Waals surface area contributed by atoms with Gasteiger partial charge in [0.2, 0.25) is 0 Å². The maximum Gasteiger partial charge on any atom is 0.163 e. The number of hydrogen-bond acceptors (Lipinski definition) is 3.